The van der Waals surface area contributed by atoms with Crippen molar-refractivity contribution in [1.82, 2.24) is 5.32 Å². The van der Waals surface area contributed by atoms with Gasteiger partial charge in [0, 0.05) is 18.2 Å². The number of carboxylic acid groups (broad SMARTS) is 1. The summed E-state index contributed by atoms with van der Waals surface area (Å²) in [5.41, 5.74) is 5.91. The molecule has 1 atom stereocenters. The van der Waals surface area contributed by atoms with Gasteiger partial charge in [-0.15, -0.1) is 0 Å². The Labute approximate surface area is 266 Å². The van der Waals surface area contributed by atoms with Crippen LogP contribution in [-0.2, 0) is 24.6 Å². The molecule has 0 spiro atoms. The van der Waals surface area contributed by atoms with Crippen LogP contribution in [0.25, 0.3) is 11.1 Å². The van der Waals surface area contributed by atoms with Crippen LogP contribution in [0.3, 0.4) is 0 Å². The van der Waals surface area contributed by atoms with Crippen molar-refractivity contribution in [2.24, 2.45) is 0 Å². The molecule has 0 saturated heterocycles. The first-order chi connectivity index (χ1) is 21.9. The number of aliphatic carboxylic acids is 1. The van der Waals surface area contributed by atoms with Gasteiger partial charge in [-0.1, -0.05) is 48.0 Å². The molecule has 0 saturated carbocycles. The molecule has 0 aromatic heterocycles. The average Bonchev–Trinajstić information content (AvgIpc) is 3.05. The van der Waals surface area contributed by atoms with Gasteiger partial charge in [0.25, 0.3) is 0 Å². The second-order valence-corrected chi connectivity index (χ2v) is 10.8. The molecule has 228 valence electrons. The first kappa shape index (κ1) is 31.2. The van der Waals surface area contributed by atoms with Crippen LogP contribution in [0.15, 0.2) is 72.8 Å². The van der Waals surface area contributed by atoms with E-state index in [9.17, 15) is 15.2 Å². The van der Waals surface area contributed by atoms with Crippen molar-refractivity contribution in [2.75, 3.05) is 13.2 Å². The average molecular weight is 624 g/mol. The van der Waals surface area contributed by atoms with Crippen LogP contribution in [0, 0.1) is 29.6 Å². The molecule has 10 heteroatoms. The van der Waals surface area contributed by atoms with Crippen LogP contribution < -0.4 is 24.3 Å². The van der Waals surface area contributed by atoms with E-state index >= 15 is 0 Å². The van der Waals surface area contributed by atoms with Crippen LogP contribution >= 0.6 is 11.6 Å². The molecule has 1 aliphatic heterocycles. The fourth-order valence-corrected chi connectivity index (χ4v) is 5.18. The highest BCUT2D eigenvalue weighted by Crippen LogP contribution is 2.37. The first-order valence-corrected chi connectivity index (χ1v) is 14.6. The highest BCUT2D eigenvalue weighted by Gasteiger charge is 2.19. The topological polar surface area (TPSA) is 134 Å². The molecule has 4 aromatic rings. The minimum atomic E-state index is -1.13. The minimum absolute atomic E-state index is 0.0862. The smallest absolute Gasteiger partial charge is 0.321 e. The van der Waals surface area contributed by atoms with E-state index in [-0.39, 0.29) is 26.2 Å². The van der Waals surface area contributed by atoms with Crippen molar-refractivity contribution < 1.29 is 28.8 Å². The van der Waals surface area contributed by atoms with E-state index in [0.717, 1.165) is 39.3 Å². The molecule has 1 aliphatic rings. The summed E-state index contributed by atoms with van der Waals surface area (Å²) < 4.78 is 23.8. The number of fused-ring (bicyclic) bond motifs is 1. The maximum atomic E-state index is 11.6. The SMILES string of the molecule is Cc1c(COc2cc(OCc3cccc(C#N)c3)c(CNC(CC#N)C(=O)O)cc2Cl)cccc1-c1ccc2c(c1)OCCO2. The highest BCUT2D eigenvalue weighted by atomic mass is 35.5. The van der Waals surface area contributed by atoms with Crippen molar-refractivity contribution in [1.29, 1.82) is 10.5 Å². The summed E-state index contributed by atoms with van der Waals surface area (Å²) in [4.78, 5) is 11.6. The predicted octanol–water partition coefficient (Wildman–Crippen LogP) is 6.57. The van der Waals surface area contributed by atoms with Gasteiger partial charge in [-0.25, -0.2) is 0 Å². The third-order valence-corrected chi connectivity index (χ3v) is 7.68. The van der Waals surface area contributed by atoms with Crippen LogP contribution in [-0.4, -0.2) is 30.3 Å². The number of rotatable bonds is 12. The van der Waals surface area contributed by atoms with Crippen LogP contribution in [0.4, 0.5) is 0 Å². The number of hydrogen-bond donors (Lipinski definition) is 2. The first-order valence-electron chi connectivity index (χ1n) is 14.2. The number of halogens is 1. The van der Waals surface area contributed by atoms with E-state index in [1.807, 2.05) is 55.5 Å². The molecule has 9 nitrogen and oxygen atoms in total. The lowest BCUT2D eigenvalue weighted by Gasteiger charge is -2.20. The summed E-state index contributed by atoms with van der Waals surface area (Å²) in [5.74, 6) is 1.13. The summed E-state index contributed by atoms with van der Waals surface area (Å²) >= 11 is 6.66. The largest absolute Gasteiger partial charge is 0.488 e. The summed E-state index contributed by atoms with van der Waals surface area (Å²) in [6.07, 6.45) is -0.202. The maximum Gasteiger partial charge on any atom is 0.321 e. The molecular weight excluding hydrogens is 594 g/mol. The quantitative estimate of drug-likeness (QED) is 0.180. The molecule has 0 fully saturated rings. The molecular formula is C35H30ClN3O6. The molecule has 2 N–H and O–H groups in total. The highest BCUT2D eigenvalue weighted by molar-refractivity contribution is 6.32. The summed E-state index contributed by atoms with van der Waals surface area (Å²) in [5, 5.41) is 31.0. The Bertz CT molecular complexity index is 1800. The van der Waals surface area contributed by atoms with Gasteiger partial charge in [0.05, 0.1) is 29.1 Å². The van der Waals surface area contributed by atoms with Gasteiger partial charge in [-0.2, -0.15) is 10.5 Å². The van der Waals surface area contributed by atoms with Gasteiger partial charge < -0.3 is 24.1 Å². The molecule has 4 aromatic carbocycles. The lowest BCUT2D eigenvalue weighted by molar-refractivity contribution is -0.139. The third kappa shape index (κ3) is 7.66. The molecule has 0 amide bonds. The number of carbonyl (C=O) groups is 1. The normalized spacial score (nSPS) is 12.4. The molecule has 0 bridgehead atoms. The van der Waals surface area contributed by atoms with Gasteiger partial charge in [-0.3, -0.25) is 10.1 Å². The van der Waals surface area contributed by atoms with Gasteiger partial charge in [0.2, 0.25) is 0 Å². The van der Waals surface area contributed by atoms with E-state index in [0.29, 0.717) is 40.9 Å². The summed E-state index contributed by atoms with van der Waals surface area (Å²) in [6.45, 7) is 3.55. The number of nitrogens with zero attached hydrogens (tertiary/aromatic N) is 2. The fourth-order valence-electron chi connectivity index (χ4n) is 4.94. The molecule has 45 heavy (non-hydrogen) atoms. The van der Waals surface area contributed by atoms with E-state index in [1.165, 1.54) is 0 Å². The lowest BCUT2D eigenvalue weighted by Crippen LogP contribution is -2.35. The molecule has 1 heterocycles. The van der Waals surface area contributed by atoms with E-state index in [4.69, 9.17) is 35.8 Å². The number of nitriles is 2. The second-order valence-electron chi connectivity index (χ2n) is 10.4. The zero-order valence-electron chi connectivity index (χ0n) is 24.5. The minimum Gasteiger partial charge on any atom is -0.488 e. The Hall–Kier alpha value is -5.22. The summed E-state index contributed by atoms with van der Waals surface area (Å²) in [6, 6.07) is 25.2. The van der Waals surface area contributed by atoms with Gasteiger partial charge in [0.1, 0.15) is 44.0 Å². The maximum absolute atomic E-state index is 11.6. The standard InChI is InChI=1S/C35H30ClN3O6/c1-22-26(6-3-7-28(22)25-8-9-31-34(16-25)43-13-12-42-31)21-45-33-17-32(44-20-24-5-2-4-23(14-24)18-38)27(15-29(33)36)19-39-30(10-11-37)35(40)41/h2-9,14-17,30,39H,10,12-13,19-21H2,1H3,(H,40,41). The number of carboxylic acids is 1. The molecule has 5 rings (SSSR count). The van der Waals surface area contributed by atoms with Crippen molar-refractivity contribution in [2.45, 2.75) is 39.1 Å². The van der Waals surface area contributed by atoms with E-state index in [2.05, 4.69) is 11.4 Å². The number of hydrogen-bond acceptors (Lipinski definition) is 8. The third-order valence-electron chi connectivity index (χ3n) is 7.38. The van der Waals surface area contributed by atoms with Crippen LogP contribution in [0.5, 0.6) is 23.0 Å². The Morgan fingerprint density at radius 1 is 0.956 bits per heavy atom. The van der Waals surface area contributed by atoms with Crippen molar-refractivity contribution in [3.8, 4) is 46.3 Å². The van der Waals surface area contributed by atoms with Crippen molar-refractivity contribution in [3.05, 3.63) is 106 Å². The zero-order valence-corrected chi connectivity index (χ0v) is 25.3. The fraction of sp³-hybridized carbons (Fsp3) is 0.229. The lowest BCUT2D eigenvalue weighted by atomic mass is 9.96. The molecule has 1 unspecified atom stereocenters. The Kier molecular flexibility index (Phi) is 10.1. The Balaban J connectivity index is 1.38. The Morgan fingerprint density at radius 3 is 2.51 bits per heavy atom. The van der Waals surface area contributed by atoms with Gasteiger partial charge in [-0.05, 0) is 65.1 Å². The summed E-state index contributed by atoms with van der Waals surface area (Å²) in [7, 11) is 0. The molecule has 0 aliphatic carbocycles. The van der Waals surface area contributed by atoms with Crippen LogP contribution in [0.1, 0.15) is 34.2 Å². The monoisotopic (exact) mass is 623 g/mol. The molecule has 0 radical (unpaired) electrons. The number of ether oxygens (including phenoxy) is 4. The van der Waals surface area contributed by atoms with Crippen molar-refractivity contribution in [3.63, 3.8) is 0 Å². The second kappa shape index (κ2) is 14.5. The Morgan fingerprint density at radius 2 is 1.73 bits per heavy atom. The van der Waals surface area contributed by atoms with Crippen LogP contribution in [0.2, 0.25) is 5.02 Å². The van der Waals surface area contributed by atoms with Gasteiger partial charge >= 0.3 is 5.97 Å². The number of benzene rings is 4. The van der Waals surface area contributed by atoms with E-state index in [1.54, 1.807) is 30.3 Å². The number of nitrogens with one attached hydrogen (secondary N) is 1. The van der Waals surface area contributed by atoms with E-state index < -0.39 is 12.0 Å². The zero-order chi connectivity index (χ0) is 31.8. The van der Waals surface area contributed by atoms with Crippen molar-refractivity contribution >= 4 is 17.6 Å². The van der Waals surface area contributed by atoms with Gasteiger partial charge in [0.15, 0.2) is 11.5 Å². The predicted molar refractivity (Wildman–Crippen MR) is 167 cm³/mol.